The van der Waals surface area contributed by atoms with E-state index in [1.54, 1.807) is 25.4 Å². The molecule has 142 valence electrons. The predicted octanol–water partition coefficient (Wildman–Crippen LogP) is 4.42. The van der Waals surface area contributed by atoms with E-state index in [4.69, 9.17) is 30.5 Å². The number of rotatable bonds is 5. The Hall–Kier alpha value is -2.99. The fourth-order valence-electron chi connectivity index (χ4n) is 2.45. The largest absolute Gasteiger partial charge is 0.494 e. The van der Waals surface area contributed by atoms with Gasteiger partial charge in [-0.1, -0.05) is 11.6 Å². The molecule has 27 heavy (non-hydrogen) atoms. The van der Waals surface area contributed by atoms with Crippen molar-refractivity contribution in [2.45, 2.75) is 0 Å². The Morgan fingerprint density at radius 3 is 2.04 bits per heavy atom. The molecule has 0 unspecified atom stereocenters. The molecule has 6 nitrogen and oxygen atoms in total. The van der Waals surface area contributed by atoms with E-state index < -0.39 is 0 Å². The van der Waals surface area contributed by atoms with E-state index in [9.17, 15) is 4.79 Å². The molecule has 0 aliphatic carbocycles. The maximum Gasteiger partial charge on any atom is 0.203 e. The monoisotopic (exact) mass is 389 g/mol. The number of halogens is 1. The summed E-state index contributed by atoms with van der Waals surface area (Å²) in [7, 11) is 6.15. The van der Waals surface area contributed by atoms with Crippen molar-refractivity contribution in [2.24, 2.45) is 0 Å². The molecule has 1 aromatic heterocycles. The van der Waals surface area contributed by atoms with Crippen molar-refractivity contribution >= 4 is 28.8 Å². The van der Waals surface area contributed by atoms with Crippen molar-refractivity contribution < 1.29 is 23.7 Å². The van der Waals surface area contributed by atoms with E-state index in [0.717, 1.165) is 22.9 Å². The van der Waals surface area contributed by atoms with Crippen LogP contribution >= 0.6 is 11.6 Å². The van der Waals surface area contributed by atoms with Gasteiger partial charge in [0.15, 0.2) is 11.5 Å². The molecule has 0 amide bonds. The Balaban J connectivity index is 0.000000194. The van der Waals surface area contributed by atoms with Crippen molar-refractivity contribution in [3.05, 3.63) is 53.2 Å². The Morgan fingerprint density at radius 2 is 1.52 bits per heavy atom. The summed E-state index contributed by atoms with van der Waals surface area (Å²) in [6, 6.07) is 10.6. The molecular formula is C20H20ClNO5. The van der Waals surface area contributed by atoms with Crippen molar-refractivity contribution in [1.29, 1.82) is 0 Å². The van der Waals surface area contributed by atoms with E-state index in [1.165, 1.54) is 21.3 Å². The molecule has 0 saturated heterocycles. The van der Waals surface area contributed by atoms with Gasteiger partial charge in [-0.3, -0.25) is 9.78 Å². The summed E-state index contributed by atoms with van der Waals surface area (Å²) < 4.78 is 20.4. The average Bonchev–Trinajstić information content (AvgIpc) is 2.73. The van der Waals surface area contributed by atoms with E-state index in [1.807, 2.05) is 24.3 Å². The van der Waals surface area contributed by atoms with Crippen LogP contribution in [0.2, 0.25) is 5.02 Å². The second-order valence-electron chi connectivity index (χ2n) is 5.23. The SMILES string of the molecule is COc1cc(C=O)cc(OC)c1OC.COc1ccc(Cl)c2cccnc12. The van der Waals surface area contributed by atoms with Gasteiger partial charge in [0.2, 0.25) is 5.75 Å². The Kier molecular flexibility index (Phi) is 7.25. The highest BCUT2D eigenvalue weighted by Gasteiger charge is 2.12. The van der Waals surface area contributed by atoms with Crippen LogP contribution < -0.4 is 18.9 Å². The van der Waals surface area contributed by atoms with Gasteiger partial charge in [-0.2, -0.15) is 0 Å². The number of aromatic nitrogens is 1. The number of hydrogen-bond donors (Lipinski definition) is 0. The first-order chi connectivity index (χ1) is 13.1. The quantitative estimate of drug-likeness (QED) is 0.602. The molecular weight excluding hydrogens is 370 g/mol. The Labute approximate surface area is 162 Å². The zero-order valence-corrected chi connectivity index (χ0v) is 16.2. The summed E-state index contributed by atoms with van der Waals surface area (Å²) >= 11 is 5.99. The molecule has 7 heteroatoms. The highest BCUT2D eigenvalue weighted by molar-refractivity contribution is 6.35. The molecule has 0 saturated carbocycles. The molecule has 3 aromatic rings. The van der Waals surface area contributed by atoms with Crippen LogP contribution in [0.5, 0.6) is 23.0 Å². The molecule has 2 aromatic carbocycles. The second-order valence-corrected chi connectivity index (χ2v) is 5.63. The maximum absolute atomic E-state index is 10.6. The van der Waals surface area contributed by atoms with Crippen molar-refractivity contribution in [1.82, 2.24) is 4.98 Å². The van der Waals surface area contributed by atoms with Gasteiger partial charge >= 0.3 is 0 Å². The Morgan fingerprint density at radius 1 is 0.889 bits per heavy atom. The number of aldehydes is 1. The smallest absolute Gasteiger partial charge is 0.203 e. The first kappa shape index (κ1) is 20.3. The third-order valence-corrected chi connectivity index (χ3v) is 4.05. The lowest BCUT2D eigenvalue weighted by Gasteiger charge is -2.11. The molecule has 0 bridgehead atoms. The minimum atomic E-state index is 0.481. The summed E-state index contributed by atoms with van der Waals surface area (Å²) in [5, 5.41) is 1.62. The van der Waals surface area contributed by atoms with Gasteiger partial charge in [-0.05, 0) is 36.4 Å². The third kappa shape index (κ3) is 4.60. The summed E-state index contributed by atoms with van der Waals surface area (Å²) in [6.07, 6.45) is 2.45. The van der Waals surface area contributed by atoms with E-state index in [0.29, 0.717) is 27.8 Å². The normalized spacial score (nSPS) is 9.81. The minimum Gasteiger partial charge on any atom is -0.494 e. The number of nitrogens with zero attached hydrogens (tertiary/aromatic N) is 1. The first-order valence-corrected chi connectivity index (χ1v) is 8.29. The number of pyridine rings is 1. The van der Waals surface area contributed by atoms with Gasteiger partial charge in [-0.25, -0.2) is 0 Å². The van der Waals surface area contributed by atoms with Gasteiger partial charge < -0.3 is 18.9 Å². The van der Waals surface area contributed by atoms with Gasteiger partial charge in [0.05, 0.1) is 33.5 Å². The number of fused-ring (bicyclic) bond motifs is 1. The number of carbonyl (C=O) groups excluding carboxylic acids is 1. The minimum absolute atomic E-state index is 0.481. The third-order valence-electron chi connectivity index (χ3n) is 3.72. The van der Waals surface area contributed by atoms with Crippen LogP contribution in [-0.2, 0) is 0 Å². The van der Waals surface area contributed by atoms with Crippen LogP contribution in [0.4, 0.5) is 0 Å². The highest BCUT2D eigenvalue weighted by Crippen LogP contribution is 2.37. The second kappa shape index (κ2) is 9.64. The molecule has 0 aliphatic rings. The number of ether oxygens (including phenoxy) is 4. The lowest BCUT2D eigenvalue weighted by Crippen LogP contribution is -1.96. The lowest BCUT2D eigenvalue weighted by molar-refractivity contribution is 0.112. The standard InChI is InChI=1S/C10H8ClNO.C10H12O4/c1-13-9-5-4-8(11)7-3-2-6-12-10(7)9;1-12-8-4-7(6-11)5-9(13-2)10(8)14-3/h2-6H,1H3;4-6H,1-3H3. The zero-order chi connectivity index (χ0) is 19.8. The van der Waals surface area contributed by atoms with E-state index in [2.05, 4.69) is 4.98 Å². The number of carbonyl (C=O) groups is 1. The Bertz CT molecular complexity index is 904. The molecule has 3 rings (SSSR count). The number of methoxy groups -OCH3 is 4. The number of benzene rings is 2. The van der Waals surface area contributed by atoms with Crippen LogP contribution in [-0.4, -0.2) is 39.7 Å². The van der Waals surface area contributed by atoms with E-state index >= 15 is 0 Å². The van der Waals surface area contributed by atoms with Crippen molar-refractivity contribution in [3.63, 3.8) is 0 Å². The zero-order valence-electron chi connectivity index (χ0n) is 15.5. The van der Waals surface area contributed by atoms with Crippen LogP contribution in [0.15, 0.2) is 42.6 Å². The fourth-order valence-corrected chi connectivity index (χ4v) is 2.66. The van der Waals surface area contributed by atoms with Gasteiger partial charge in [-0.15, -0.1) is 0 Å². The van der Waals surface area contributed by atoms with Crippen LogP contribution in [0, 0.1) is 0 Å². The topological polar surface area (TPSA) is 66.9 Å². The molecule has 0 atom stereocenters. The molecule has 0 spiro atoms. The first-order valence-electron chi connectivity index (χ1n) is 7.92. The number of hydrogen-bond acceptors (Lipinski definition) is 6. The average molecular weight is 390 g/mol. The van der Waals surface area contributed by atoms with E-state index in [-0.39, 0.29) is 0 Å². The maximum atomic E-state index is 10.6. The van der Waals surface area contributed by atoms with Crippen molar-refractivity contribution in [3.8, 4) is 23.0 Å². The van der Waals surface area contributed by atoms with Crippen molar-refractivity contribution in [2.75, 3.05) is 28.4 Å². The van der Waals surface area contributed by atoms with Crippen LogP contribution in [0.1, 0.15) is 10.4 Å². The lowest BCUT2D eigenvalue weighted by atomic mass is 10.2. The van der Waals surface area contributed by atoms with Crippen LogP contribution in [0.25, 0.3) is 10.9 Å². The van der Waals surface area contributed by atoms with Crippen LogP contribution in [0.3, 0.4) is 0 Å². The summed E-state index contributed by atoms with van der Waals surface area (Å²) in [4.78, 5) is 14.8. The summed E-state index contributed by atoms with van der Waals surface area (Å²) in [5.74, 6) is 2.20. The molecule has 0 N–H and O–H groups in total. The van der Waals surface area contributed by atoms with Gasteiger partial charge in [0.1, 0.15) is 17.6 Å². The molecule has 0 radical (unpaired) electrons. The predicted molar refractivity (Wildman–Crippen MR) is 105 cm³/mol. The molecule has 0 aliphatic heterocycles. The van der Waals surface area contributed by atoms with Gasteiger partial charge in [0, 0.05) is 17.1 Å². The summed E-state index contributed by atoms with van der Waals surface area (Å²) in [6.45, 7) is 0. The molecule has 0 fully saturated rings. The summed E-state index contributed by atoms with van der Waals surface area (Å²) in [5.41, 5.74) is 1.29. The van der Waals surface area contributed by atoms with Gasteiger partial charge in [0.25, 0.3) is 0 Å². The molecule has 1 heterocycles. The highest BCUT2D eigenvalue weighted by atomic mass is 35.5. The fraction of sp³-hybridized carbons (Fsp3) is 0.200.